The molecule has 0 bridgehead atoms. The summed E-state index contributed by atoms with van der Waals surface area (Å²) in [5.74, 6) is 0.784. The van der Waals surface area contributed by atoms with E-state index in [4.69, 9.17) is 10.5 Å². The zero-order chi connectivity index (χ0) is 11.2. The maximum Gasteiger partial charge on any atom is 0.0509 e. The molecular weight excluding hydrogens is 200 g/mol. The van der Waals surface area contributed by atoms with Crippen LogP contribution in [0.4, 0.5) is 0 Å². The van der Waals surface area contributed by atoms with Gasteiger partial charge in [-0.2, -0.15) is 0 Å². The molecule has 0 radical (unpaired) electrons. The summed E-state index contributed by atoms with van der Waals surface area (Å²) in [5.41, 5.74) is 5.47. The molecule has 2 saturated heterocycles. The van der Waals surface area contributed by atoms with Crippen molar-refractivity contribution in [2.75, 3.05) is 32.8 Å². The van der Waals surface area contributed by atoms with Gasteiger partial charge in [0, 0.05) is 12.6 Å². The summed E-state index contributed by atoms with van der Waals surface area (Å²) in [6, 6.07) is 0.820. The monoisotopic (exact) mass is 226 g/mol. The van der Waals surface area contributed by atoms with E-state index in [0.29, 0.717) is 0 Å². The van der Waals surface area contributed by atoms with Crippen LogP contribution < -0.4 is 5.73 Å². The van der Waals surface area contributed by atoms with E-state index < -0.39 is 0 Å². The quantitative estimate of drug-likeness (QED) is 0.724. The summed E-state index contributed by atoms with van der Waals surface area (Å²) in [6.07, 6.45) is 7.94. The fourth-order valence-electron chi connectivity index (χ4n) is 3.19. The van der Waals surface area contributed by atoms with E-state index in [9.17, 15) is 0 Å². The SMILES string of the molecule is NCCCOC[C@@H]1CCCN2CCCC[C@@H]12. The number of nitrogens with two attached hydrogens (primary N) is 1. The third-order valence-electron chi connectivity index (χ3n) is 4.05. The molecular formula is C13H26N2O. The van der Waals surface area contributed by atoms with Crippen molar-refractivity contribution in [2.45, 2.75) is 44.6 Å². The van der Waals surface area contributed by atoms with Crippen molar-refractivity contribution in [2.24, 2.45) is 11.7 Å². The Kier molecular flexibility index (Phi) is 5.07. The Labute approximate surface area is 99.3 Å². The number of rotatable bonds is 5. The summed E-state index contributed by atoms with van der Waals surface area (Å²) in [4.78, 5) is 2.70. The Morgan fingerprint density at radius 3 is 2.88 bits per heavy atom. The average molecular weight is 226 g/mol. The first-order chi connectivity index (χ1) is 7.92. The Morgan fingerprint density at radius 1 is 1.12 bits per heavy atom. The van der Waals surface area contributed by atoms with Gasteiger partial charge in [0.15, 0.2) is 0 Å². The van der Waals surface area contributed by atoms with Gasteiger partial charge in [0.1, 0.15) is 0 Å². The number of fused-ring (bicyclic) bond motifs is 1. The summed E-state index contributed by atoms with van der Waals surface area (Å²) in [5, 5.41) is 0. The van der Waals surface area contributed by atoms with Crippen molar-refractivity contribution in [1.82, 2.24) is 4.90 Å². The molecule has 2 aliphatic heterocycles. The maximum atomic E-state index is 5.76. The van der Waals surface area contributed by atoms with E-state index in [1.165, 1.54) is 45.2 Å². The number of piperidine rings is 2. The van der Waals surface area contributed by atoms with Crippen LogP contribution in [-0.2, 0) is 4.74 Å². The Morgan fingerprint density at radius 2 is 2.00 bits per heavy atom. The Balaban J connectivity index is 1.74. The van der Waals surface area contributed by atoms with Gasteiger partial charge in [-0.05, 0) is 57.7 Å². The number of ether oxygens (including phenoxy) is 1. The molecule has 0 aromatic carbocycles. The summed E-state index contributed by atoms with van der Waals surface area (Å²) >= 11 is 0. The molecule has 0 aromatic heterocycles. The molecule has 0 aromatic rings. The van der Waals surface area contributed by atoms with Gasteiger partial charge in [-0.1, -0.05) is 6.42 Å². The molecule has 0 unspecified atom stereocenters. The molecule has 2 aliphatic rings. The Bertz CT molecular complexity index is 196. The molecule has 16 heavy (non-hydrogen) atoms. The van der Waals surface area contributed by atoms with Gasteiger partial charge in [0.25, 0.3) is 0 Å². The third-order valence-corrected chi connectivity index (χ3v) is 4.05. The molecule has 2 fully saturated rings. The van der Waals surface area contributed by atoms with Gasteiger partial charge in [0.05, 0.1) is 6.61 Å². The molecule has 3 heteroatoms. The summed E-state index contributed by atoms with van der Waals surface area (Å²) < 4.78 is 5.76. The second-order valence-electron chi connectivity index (χ2n) is 5.22. The van der Waals surface area contributed by atoms with Crippen molar-refractivity contribution in [1.29, 1.82) is 0 Å². The lowest BCUT2D eigenvalue weighted by atomic mass is 9.84. The van der Waals surface area contributed by atoms with Gasteiger partial charge in [-0.25, -0.2) is 0 Å². The zero-order valence-corrected chi connectivity index (χ0v) is 10.4. The van der Waals surface area contributed by atoms with E-state index in [1.54, 1.807) is 0 Å². The Hall–Kier alpha value is -0.120. The first-order valence-electron chi connectivity index (χ1n) is 6.93. The highest BCUT2D eigenvalue weighted by molar-refractivity contribution is 4.86. The first kappa shape index (κ1) is 12.3. The molecule has 2 rings (SSSR count). The van der Waals surface area contributed by atoms with Crippen LogP contribution in [0.15, 0.2) is 0 Å². The van der Waals surface area contributed by atoms with E-state index in [0.717, 1.165) is 38.1 Å². The predicted molar refractivity (Wildman–Crippen MR) is 66.4 cm³/mol. The fourth-order valence-corrected chi connectivity index (χ4v) is 3.19. The highest BCUT2D eigenvalue weighted by Crippen LogP contribution is 2.30. The van der Waals surface area contributed by atoms with Crippen LogP contribution in [0.3, 0.4) is 0 Å². The maximum absolute atomic E-state index is 5.76. The van der Waals surface area contributed by atoms with Crippen LogP contribution in [0.5, 0.6) is 0 Å². The molecule has 0 saturated carbocycles. The van der Waals surface area contributed by atoms with Crippen LogP contribution in [-0.4, -0.2) is 43.8 Å². The second kappa shape index (κ2) is 6.58. The summed E-state index contributed by atoms with van der Waals surface area (Å²) in [6.45, 7) is 5.20. The topological polar surface area (TPSA) is 38.5 Å². The molecule has 0 aliphatic carbocycles. The minimum absolute atomic E-state index is 0.750. The van der Waals surface area contributed by atoms with Gasteiger partial charge >= 0.3 is 0 Å². The normalized spacial score (nSPS) is 31.3. The highest BCUT2D eigenvalue weighted by atomic mass is 16.5. The van der Waals surface area contributed by atoms with Crippen molar-refractivity contribution in [3.63, 3.8) is 0 Å². The molecule has 2 heterocycles. The molecule has 2 N–H and O–H groups in total. The second-order valence-corrected chi connectivity index (χ2v) is 5.22. The van der Waals surface area contributed by atoms with Gasteiger partial charge in [0.2, 0.25) is 0 Å². The average Bonchev–Trinajstić information content (AvgIpc) is 2.35. The fraction of sp³-hybridized carbons (Fsp3) is 1.00. The highest BCUT2D eigenvalue weighted by Gasteiger charge is 2.32. The lowest BCUT2D eigenvalue weighted by Gasteiger charge is -2.44. The van der Waals surface area contributed by atoms with Gasteiger partial charge in [-0.15, -0.1) is 0 Å². The number of hydrogen-bond donors (Lipinski definition) is 1. The van der Waals surface area contributed by atoms with Crippen LogP contribution in [0, 0.1) is 5.92 Å². The van der Waals surface area contributed by atoms with E-state index in [1.807, 2.05) is 0 Å². The molecule has 94 valence electrons. The van der Waals surface area contributed by atoms with Crippen molar-refractivity contribution in [3.05, 3.63) is 0 Å². The lowest BCUT2D eigenvalue weighted by Crippen LogP contribution is -2.49. The standard InChI is InChI=1S/C13H26N2O/c14-7-4-10-16-11-12-5-3-9-15-8-2-1-6-13(12)15/h12-13H,1-11,14H2/t12-,13-/m0/s1. The minimum atomic E-state index is 0.750. The first-order valence-corrected chi connectivity index (χ1v) is 6.93. The number of nitrogens with zero attached hydrogens (tertiary/aromatic N) is 1. The van der Waals surface area contributed by atoms with Crippen LogP contribution in [0.25, 0.3) is 0 Å². The molecule has 3 nitrogen and oxygen atoms in total. The van der Waals surface area contributed by atoms with Crippen molar-refractivity contribution < 1.29 is 4.74 Å². The van der Waals surface area contributed by atoms with Gasteiger partial charge in [-0.3, -0.25) is 0 Å². The largest absolute Gasteiger partial charge is 0.381 e. The van der Waals surface area contributed by atoms with E-state index >= 15 is 0 Å². The third kappa shape index (κ3) is 3.19. The zero-order valence-electron chi connectivity index (χ0n) is 10.4. The van der Waals surface area contributed by atoms with Crippen LogP contribution >= 0.6 is 0 Å². The van der Waals surface area contributed by atoms with E-state index in [-0.39, 0.29) is 0 Å². The number of hydrogen-bond acceptors (Lipinski definition) is 3. The smallest absolute Gasteiger partial charge is 0.0509 e. The summed E-state index contributed by atoms with van der Waals surface area (Å²) in [7, 11) is 0. The van der Waals surface area contributed by atoms with Crippen molar-refractivity contribution in [3.8, 4) is 0 Å². The molecule has 2 atom stereocenters. The molecule has 0 amide bonds. The van der Waals surface area contributed by atoms with Gasteiger partial charge < -0.3 is 15.4 Å². The molecule has 0 spiro atoms. The van der Waals surface area contributed by atoms with Crippen molar-refractivity contribution >= 4 is 0 Å². The minimum Gasteiger partial charge on any atom is -0.381 e. The van der Waals surface area contributed by atoms with Crippen LogP contribution in [0.2, 0.25) is 0 Å². The predicted octanol–water partition coefficient (Wildman–Crippen LogP) is 1.62. The lowest BCUT2D eigenvalue weighted by molar-refractivity contribution is 0.00390. The van der Waals surface area contributed by atoms with Crippen LogP contribution in [0.1, 0.15) is 38.5 Å². The van der Waals surface area contributed by atoms with E-state index in [2.05, 4.69) is 4.90 Å².